The Kier molecular flexibility index (Phi) is 6.71. The van der Waals surface area contributed by atoms with Gasteiger partial charge in [-0.25, -0.2) is 17.8 Å². The van der Waals surface area contributed by atoms with Crippen molar-refractivity contribution in [2.24, 2.45) is 0 Å². The number of carbonyl (C=O) groups excluding carboxylic acids is 1. The van der Waals surface area contributed by atoms with Gasteiger partial charge in [-0.05, 0) is 54.1 Å². The minimum Gasteiger partial charge on any atom is -0.455 e. The maximum atomic E-state index is 13.7. The van der Waals surface area contributed by atoms with Crippen molar-refractivity contribution in [3.05, 3.63) is 90.2 Å². The van der Waals surface area contributed by atoms with E-state index in [0.29, 0.717) is 39.0 Å². The van der Waals surface area contributed by atoms with Crippen molar-refractivity contribution in [1.82, 2.24) is 10.3 Å². The number of halogens is 1. The molecule has 0 spiro atoms. The summed E-state index contributed by atoms with van der Waals surface area (Å²) in [5.74, 6) is -0.578. The molecule has 6 aromatic rings. The molecule has 42 heavy (non-hydrogen) atoms. The van der Waals surface area contributed by atoms with Gasteiger partial charge in [-0.2, -0.15) is 0 Å². The van der Waals surface area contributed by atoms with Crippen molar-refractivity contribution in [3.8, 4) is 33.0 Å². The Morgan fingerprint density at radius 3 is 2.40 bits per heavy atom. The zero-order valence-electron chi connectivity index (χ0n) is 22.8. The van der Waals surface area contributed by atoms with Gasteiger partial charge in [0, 0.05) is 42.2 Å². The summed E-state index contributed by atoms with van der Waals surface area (Å²) in [4.78, 5) is 17.9. The maximum Gasteiger partial charge on any atom is 0.255 e. The van der Waals surface area contributed by atoms with Crippen LogP contribution in [0.5, 0.6) is 0 Å². The van der Waals surface area contributed by atoms with Gasteiger partial charge in [0.05, 0.1) is 33.4 Å². The molecule has 0 atom stereocenters. The van der Waals surface area contributed by atoms with Crippen molar-refractivity contribution >= 4 is 59.8 Å². The summed E-state index contributed by atoms with van der Waals surface area (Å²) in [7, 11) is -0.702. The van der Waals surface area contributed by atoms with Gasteiger partial charge in [0.15, 0.2) is 0 Å². The lowest BCUT2D eigenvalue weighted by atomic mass is 9.97. The van der Waals surface area contributed by atoms with Gasteiger partial charge in [-0.15, -0.1) is 11.3 Å². The predicted octanol–water partition coefficient (Wildman–Crippen LogP) is 6.52. The number of nitrogens with one attached hydrogen (secondary N) is 1. The summed E-state index contributed by atoms with van der Waals surface area (Å²) in [6.07, 6.45) is 1.12. The first kappa shape index (κ1) is 27.4. The summed E-state index contributed by atoms with van der Waals surface area (Å²) >= 11 is 1.47. The molecule has 11 heteroatoms. The number of carbonyl (C=O) groups is 1. The number of nitrogen functional groups attached to an aromatic ring is 1. The first-order valence-corrected chi connectivity index (χ1v) is 15.5. The van der Waals surface area contributed by atoms with E-state index < -0.39 is 21.7 Å². The van der Waals surface area contributed by atoms with Crippen molar-refractivity contribution in [2.75, 3.05) is 30.4 Å². The Morgan fingerprint density at radius 1 is 1.00 bits per heavy atom. The normalized spacial score (nSPS) is 11.7. The van der Waals surface area contributed by atoms with Gasteiger partial charge < -0.3 is 15.5 Å². The first-order chi connectivity index (χ1) is 20.0. The average Bonchev–Trinajstić information content (AvgIpc) is 3.58. The molecule has 0 saturated carbocycles. The Labute approximate surface area is 245 Å². The third-order valence-corrected chi connectivity index (χ3v) is 9.43. The highest BCUT2D eigenvalue weighted by Crippen LogP contribution is 2.42. The molecule has 0 saturated heterocycles. The van der Waals surface area contributed by atoms with Crippen LogP contribution >= 0.6 is 11.3 Å². The predicted molar refractivity (Wildman–Crippen MR) is 167 cm³/mol. The van der Waals surface area contributed by atoms with Crippen LogP contribution in [-0.4, -0.2) is 39.7 Å². The van der Waals surface area contributed by atoms with E-state index in [4.69, 9.17) is 15.1 Å². The number of hydrogen-bond acceptors (Lipinski definition) is 7. The minimum absolute atomic E-state index is 0.246. The van der Waals surface area contributed by atoms with E-state index in [-0.39, 0.29) is 11.3 Å². The van der Waals surface area contributed by atoms with Crippen LogP contribution in [0, 0.1) is 5.82 Å². The summed E-state index contributed by atoms with van der Waals surface area (Å²) in [5, 5.41) is 3.89. The fourth-order valence-corrected chi connectivity index (χ4v) is 6.37. The quantitative estimate of drug-likeness (QED) is 0.210. The number of aromatic nitrogens is 1. The van der Waals surface area contributed by atoms with Crippen molar-refractivity contribution < 1.29 is 22.0 Å². The molecule has 212 valence electrons. The van der Waals surface area contributed by atoms with Gasteiger partial charge in [0.1, 0.15) is 22.2 Å². The van der Waals surface area contributed by atoms with Crippen molar-refractivity contribution in [3.63, 3.8) is 0 Å². The second kappa shape index (κ2) is 10.3. The molecule has 0 aliphatic rings. The summed E-state index contributed by atoms with van der Waals surface area (Å²) in [5.41, 5.74) is 11.1. The highest BCUT2D eigenvalue weighted by atomic mass is 32.2. The third-order valence-electron chi connectivity index (χ3n) is 7.07. The number of amides is 1. The molecule has 0 fully saturated rings. The van der Waals surface area contributed by atoms with Crippen LogP contribution in [0.25, 0.3) is 54.2 Å². The van der Waals surface area contributed by atoms with Gasteiger partial charge >= 0.3 is 0 Å². The standard InChI is InChI=1S/C31H25FN4O4S2/c1-34-30(37)27-22-15-21(18-6-4-7-19(14-18)31-35-24-9-5-8-23(33)29(24)41-31)25(36(2)42(3,38)39)16-26(22)40-28(27)17-10-12-20(32)13-11-17/h4-16H,33H2,1-3H3,(H,34,37). The number of thiazole rings is 1. The van der Waals surface area contributed by atoms with E-state index in [1.54, 1.807) is 12.1 Å². The average molecular weight is 601 g/mol. The van der Waals surface area contributed by atoms with Gasteiger partial charge in [0.2, 0.25) is 10.0 Å². The monoisotopic (exact) mass is 600 g/mol. The molecule has 0 radical (unpaired) electrons. The number of fused-ring (bicyclic) bond motifs is 2. The fourth-order valence-electron chi connectivity index (χ4n) is 4.87. The number of furan rings is 1. The van der Waals surface area contributed by atoms with Crippen LogP contribution in [0.3, 0.4) is 0 Å². The molecule has 4 aromatic carbocycles. The van der Waals surface area contributed by atoms with Crippen LogP contribution in [-0.2, 0) is 10.0 Å². The summed E-state index contributed by atoms with van der Waals surface area (Å²) in [6.45, 7) is 0. The number of sulfonamides is 1. The number of rotatable bonds is 6. The van der Waals surface area contributed by atoms with Crippen LogP contribution < -0.4 is 15.4 Å². The van der Waals surface area contributed by atoms with Crippen LogP contribution in [0.15, 0.2) is 83.3 Å². The molecule has 1 amide bonds. The van der Waals surface area contributed by atoms with E-state index in [1.807, 2.05) is 42.5 Å². The maximum absolute atomic E-state index is 13.7. The highest BCUT2D eigenvalue weighted by molar-refractivity contribution is 7.92. The van der Waals surface area contributed by atoms with E-state index in [9.17, 15) is 17.6 Å². The number of benzene rings is 4. The van der Waals surface area contributed by atoms with E-state index >= 15 is 0 Å². The Bertz CT molecular complexity index is 2120. The Balaban J connectivity index is 1.60. The van der Waals surface area contributed by atoms with Gasteiger partial charge in [-0.3, -0.25) is 9.10 Å². The zero-order chi connectivity index (χ0) is 29.8. The molecular weight excluding hydrogens is 575 g/mol. The Hall–Kier alpha value is -4.74. The number of hydrogen-bond donors (Lipinski definition) is 2. The van der Waals surface area contributed by atoms with Gasteiger partial charge in [0.25, 0.3) is 5.91 Å². The van der Waals surface area contributed by atoms with Crippen molar-refractivity contribution in [2.45, 2.75) is 0 Å². The van der Waals surface area contributed by atoms with E-state index in [0.717, 1.165) is 27.0 Å². The molecule has 3 N–H and O–H groups in total. The van der Waals surface area contributed by atoms with E-state index in [2.05, 4.69) is 5.32 Å². The highest BCUT2D eigenvalue weighted by Gasteiger charge is 2.26. The molecular formula is C31H25FN4O4S2. The molecule has 6 rings (SSSR count). The minimum atomic E-state index is -3.67. The largest absolute Gasteiger partial charge is 0.455 e. The topological polar surface area (TPSA) is 119 Å². The lowest BCUT2D eigenvalue weighted by Crippen LogP contribution is -2.25. The van der Waals surface area contributed by atoms with Gasteiger partial charge in [-0.1, -0.05) is 24.3 Å². The lowest BCUT2D eigenvalue weighted by Gasteiger charge is -2.21. The molecule has 0 aliphatic heterocycles. The van der Waals surface area contributed by atoms with E-state index in [1.165, 1.54) is 54.0 Å². The molecule has 2 aromatic heterocycles. The molecule has 0 bridgehead atoms. The molecule has 0 aliphatic carbocycles. The molecule has 0 unspecified atom stereocenters. The lowest BCUT2D eigenvalue weighted by molar-refractivity contribution is 0.0964. The summed E-state index contributed by atoms with van der Waals surface area (Å²) < 4.78 is 47.3. The Morgan fingerprint density at radius 2 is 1.71 bits per heavy atom. The van der Waals surface area contributed by atoms with Crippen LogP contribution in [0.4, 0.5) is 15.8 Å². The number of nitrogens with zero attached hydrogens (tertiary/aromatic N) is 2. The smallest absolute Gasteiger partial charge is 0.255 e. The number of anilines is 2. The molecule has 2 heterocycles. The first-order valence-electron chi connectivity index (χ1n) is 12.8. The summed E-state index contributed by atoms with van der Waals surface area (Å²) in [6, 6.07) is 22.2. The second-order valence-corrected chi connectivity index (χ2v) is 12.8. The molecule has 8 nitrogen and oxygen atoms in total. The number of nitrogens with two attached hydrogens (primary N) is 1. The van der Waals surface area contributed by atoms with Crippen LogP contribution in [0.1, 0.15) is 10.4 Å². The van der Waals surface area contributed by atoms with Crippen LogP contribution in [0.2, 0.25) is 0 Å². The fraction of sp³-hybridized carbons (Fsp3) is 0.0968. The zero-order valence-corrected chi connectivity index (χ0v) is 24.4. The SMILES string of the molecule is CNC(=O)c1c(-c2ccc(F)cc2)oc2cc(N(C)S(C)(=O)=O)c(-c3cccc(-c4nc5cccc(N)c5s4)c3)cc12. The second-order valence-electron chi connectivity index (χ2n) is 9.78. The third kappa shape index (κ3) is 4.76. The van der Waals surface area contributed by atoms with Crippen molar-refractivity contribution in [1.29, 1.82) is 0 Å².